The molecule has 3 N–H and O–H groups in total. The zero-order valence-corrected chi connectivity index (χ0v) is 20.9. The maximum absolute atomic E-state index is 13.1. The number of likely N-dealkylation sites (tertiary alicyclic amines) is 1. The number of hydrogen-bond donors (Lipinski definition) is 3. The molecule has 3 aromatic carbocycles. The molecule has 2 atom stereocenters. The number of nitrogens with one attached hydrogen (secondary N) is 2. The second kappa shape index (κ2) is 12.1. The van der Waals surface area contributed by atoms with E-state index in [0.717, 1.165) is 5.56 Å². The summed E-state index contributed by atoms with van der Waals surface area (Å²) in [4.78, 5) is 51.4. The predicted molar refractivity (Wildman–Crippen MR) is 141 cm³/mol. The van der Waals surface area contributed by atoms with Crippen LogP contribution >= 0.6 is 0 Å². The van der Waals surface area contributed by atoms with E-state index in [-0.39, 0.29) is 31.2 Å². The lowest BCUT2D eigenvalue weighted by molar-refractivity contribution is -0.143. The van der Waals surface area contributed by atoms with Crippen LogP contribution in [0.15, 0.2) is 78.9 Å². The first kappa shape index (κ1) is 26.4. The van der Waals surface area contributed by atoms with Gasteiger partial charge in [-0.2, -0.15) is 0 Å². The number of benzene rings is 3. The van der Waals surface area contributed by atoms with Gasteiger partial charge in [0.2, 0.25) is 11.8 Å². The van der Waals surface area contributed by atoms with Crippen LogP contribution in [0.3, 0.4) is 0 Å². The Bertz CT molecular complexity index is 1290. The van der Waals surface area contributed by atoms with Gasteiger partial charge in [0.05, 0.1) is 7.11 Å². The SMILES string of the molecule is COc1ccc(CN2C(=O)CC[C@H]2C(=O)N[C@@H](Cc2ccc(NC(=O)c3ccccc3)cc2)C(=O)O)cc1. The summed E-state index contributed by atoms with van der Waals surface area (Å²) in [6, 6.07) is 20.9. The van der Waals surface area contributed by atoms with Crippen molar-refractivity contribution in [1.29, 1.82) is 0 Å². The van der Waals surface area contributed by atoms with Gasteiger partial charge in [-0.25, -0.2) is 4.79 Å². The van der Waals surface area contributed by atoms with E-state index in [2.05, 4.69) is 10.6 Å². The number of carboxylic acid groups (broad SMARTS) is 1. The second-order valence-corrected chi connectivity index (χ2v) is 9.04. The third-order valence-corrected chi connectivity index (χ3v) is 6.45. The lowest BCUT2D eigenvalue weighted by Crippen LogP contribution is -2.50. The molecule has 0 spiro atoms. The lowest BCUT2D eigenvalue weighted by Gasteiger charge is -2.26. The fourth-order valence-electron chi connectivity index (χ4n) is 4.35. The summed E-state index contributed by atoms with van der Waals surface area (Å²) in [7, 11) is 1.57. The van der Waals surface area contributed by atoms with Gasteiger partial charge in [-0.05, 0) is 53.9 Å². The number of aliphatic carboxylic acids is 1. The van der Waals surface area contributed by atoms with Crippen LogP contribution in [-0.4, -0.2) is 52.9 Å². The van der Waals surface area contributed by atoms with Gasteiger partial charge >= 0.3 is 5.97 Å². The van der Waals surface area contributed by atoms with Crippen LogP contribution in [-0.2, 0) is 27.3 Å². The number of ether oxygens (including phenoxy) is 1. The Balaban J connectivity index is 1.37. The quantitative estimate of drug-likeness (QED) is 0.381. The van der Waals surface area contributed by atoms with Crippen molar-refractivity contribution in [1.82, 2.24) is 10.2 Å². The van der Waals surface area contributed by atoms with Crippen LogP contribution in [0.25, 0.3) is 0 Å². The standard InChI is InChI=1S/C29H29N3O6/c1-38-23-13-9-20(10-14-23)18-32-25(15-16-26(32)33)28(35)31-24(29(36)37)17-19-7-11-22(12-8-19)30-27(34)21-5-3-2-4-6-21/h2-14,24-25H,15-18H2,1H3,(H,30,34)(H,31,35)(H,36,37)/t24-,25-/m0/s1. The Kier molecular flexibility index (Phi) is 8.37. The minimum Gasteiger partial charge on any atom is -0.497 e. The topological polar surface area (TPSA) is 125 Å². The molecule has 1 saturated heterocycles. The molecule has 0 saturated carbocycles. The van der Waals surface area contributed by atoms with Crippen LogP contribution in [0.1, 0.15) is 34.3 Å². The highest BCUT2D eigenvalue weighted by molar-refractivity contribution is 6.04. The van der Waals surface area contributed by atoms with E-state index in [9.17, 15) is 24.3 Å². The van der Waals surface area contributed by atoms with Crippen molar-refractivity contribution in [2.45, 2.75) is 37.9 Å². The highest BCUT2D eigenvalue weighted by Crippen LogP contribution is 2.23. The molecule has 0 radical (unpaired) electrons. The Hall–Kier alpha value is -4.66. The van der Waals surface area contributed by atoms with E-state index in [1.807, 2.05) is 18.2 Å². The highest BCUT2D eigenvalue weighted by atomic mass is 16.5. The molecule has 196 valence electrons. The molecule has 0 aromatic heterocycles. The van der Waals surface area contributed by atoms with Crippen molar-refractivity contribution in [3.63, 3.8) is 0 Å². The van der Waals surface area contributed by atoms with Gasteiger partial charge in [0.15, 0.2) is 0 Å². The van der Waals surface area contributed by atoms with Crippen LogP contribution in [0.2, 0.25) is 0 Å². The van der Waals surface area contributed by atoms with Crippen LogP contribution < -0.4 is 15.4 Å². The number of rotatable bonds is 10. The lowest BCUT2D eigenvalue weighted by atomic mass is 10.0. The fourth-order valence-corrected chi connectivity index (χ4v) is 4.35. The molecule has 3 amide bonds. The summed E-state index contributed by atoms with van der Waals surface area (Å²) in [5.41, 5.74) is 2.61. The predicted octanol–water partition coefficient (Wildman–Crippen LogP) is 3.25. The smallest absolute Gasteiger partial charge is 0.326 e. The van der Waals surface area contributed by atoms with Gasteiger partial charge in [0.25, 0.3) is 5.91 Å². The monoisotopic (exact) mass is 515 g/mol. The third-order valence-electron chi connectivity index (χ3n) is 6.45. The van der Waals surface area contributed by atoms with Gasteiger partial charge in [-0.3, -0.25) is 14.4 Å². The van der Waals surface area contributed by atoms with Crippen molar-refractivity contribution >= 4 is 29.4 Å². The minimum atomic E-state index is -1.18. The minimum absolute atomic E-state index is 0.0487. The molecule has 9 nitrogen and oxygen atoms in total. The molecular weight excluding hydrogens is 486 g/mol. The summed E-state index contributed by atoms with van der Waals surface area (Å²) in [5, 5.41) is 15.2. The van der Waals surface area contributed by atoms with Gasteiger partial charge in [0.1, 0.15) is 17.8 Å². The first-order valence-corrected chi connectivity index (χ1v) is 12.2. The van der Waals surface area contributed by atoms with Crippen LogP contribution in [0.4, 0.5) is 5.69 Å². The highest BCUT2D eigenvalue weighted by Gasteiger charge is 2.37. The summed E-state index contributed by atoms with van der Waals surface area (Å²) >= 11 is 0. The fraction of sp³-hybridized carbons (Fsp3) is 0.241. The average Bonchev–Trinajstić information content (AvgIpc) is 3.30. The molecule has 9 heteroatoms. The molecule has 0 bridgehead atoms. The van der Waals surface area contributed by atoms with Gasteiger partial charge < -0.3 is 25.4 Å². The number of hydrogen-bond acceptors (Lipinski definition) is 5. The number of anilines is 1. The maximum Gasteiger partial charge on any atom is 0.326 e. The molecule has 3 aromatic rings. The van der Waals surface area contributed by atoms with E-state index in [1.165, 1.54) is 4.90 Å². The molecule has 0 unspecified atom stereocenters. The molecule has 1 aliphatic rings. The Morgan fingerprint density at radius 1 is 0.974 bits per heavy atom. The summed E-state index contributed by atoms with van der Waals surface area (Å²) in [5.74, 6) is -1.39. The molecule has 0 aliphatic carbocycles. The van der Waals surface area contributed by atoms with Crippen molar-refractivity contribution in [2.24, 2.45) is 0 Å². The number of carbonyl (C=O) groups is 4. The summed E-state index contributed by atoms with van der Waals surface area (Å²) in [6.45, 7) is 0.245. The van der Waals surface area contributed by atoms with Crippen molar-refractivity contribution < 1.29 is 29.0 Å². The van der Waals surface area contributed by atoms with Crippen molar-refractivity contribution in [3.05, 3.63) is 95.6 Å². The number of methoxy groups -OCH3 is 1. The first-order valence-electron chi connectivity index (χ1n) is 12.2. The van der Waals surface area contributed by atoms with Gasteiger partial charge in [-0.15, -0.1) is 0 Å². The van der Waals surface area contributed by atoms with E-state index in [4.69, 9.17) is 4.74 Å². The van der Waals surface area contributed by atoms with Gasteiger partial charge in [-0.1, -0.05) is 42.5 Å². The van der Waals surface area contributed by atoms with E-state index < -0.39 is 24.0 Å². The van der Waals surface area contributed by atoms with E-state index >= 15 is 0 Å². The zero-order valence-electron chi connectivity index (χ0n) is 20.9. The van der Waals surface area contributed by atoms with E-state index in [0.29, 0.717) is 29.0 Å². The molecule has 4 rings (SSSR count). The number of carboxylic acids is 1. The first-order chi connectivity index (χ1) is 18.3. The Morgan fingerprint density at radius 2 is 1.63 bits per heavy atom. The second-order valence-electron chi connectivity index (χ2n) is 9.04. The largest absolute Gasteiger partial charge is 0.497 e. The molecule has 1 fully saturated rings. The normalized spacial score (nSPS) is 15.6. The Morgan fingerprint density at radius 3 is 2.26 bits per heavy atom. The number of nitrogens with zero attached hydrogens (tertiary/aromatic N) is 1. The molecule has 1 heterocycles. The zero-order chi connectivity index (χ0) is 27.1. The number of carbonyl (C=O) groups excluding carboxylic acids is 3. The number of amides is 3. The Labute approximate surface area is 220 Å². The van der Waals surface area contributed by atoms with Crippen LogP contribution in [0.5, 0.6) is 5.75 Å². The van der Waals surface area contributed by atoms with Crippen molar-refractivity contribution in [3.8, 4) is 5.75 Å². The van der Waals surface area contributed by atoms with E-state index in [1.54, 1.807) is 67.8 Å². The molecule has 1 aliphatic heterocycles. The summed E-state index contributed by atoms with van der Waals surface area (Å²) < 4.78 is 5.16. The third kappa shape index (κ3) is 6.56. The maximum atomic E-state index is 13.1. The molecular formula is C29H29N3O6. The summed E-state index contributed by atoms with van der Waals surface area (Å²) in [6.07, 6.45) is 0.595. The van der Waals surface area contributed by atoms with Gasteiger partial charge in [0, 0.05) is 30.6 Å². The van der Waals surface area contributed by atoms with Crippen LogP contribution in [0, 0.1) is 0 Å². The molecule has 38 heavy (non-hydrogen) atoms. The average molecular weight is 516 g/mol. The van der Waals surface area contributed by atoms with Crippen molar-refractivity contribution in [2.75, 3.05) is 12.4 Å².